The Balaban J connectivity index is 5.24. The minimum absolute atomic E-state index is 0.107. The second-order valence-electron chi connectivity index (χ2n) is 31.0. The van der Waals surface area contributed by atoms with E-state index in [1.807, 2.05) is 0 Å². The first-order valence-corrected chi connectivity index (χ1v) is 45.3. The standard InChI is InChI=1S/C82H160O17P2/c1-9-74(7)60-52-44-36-28-22-18-15-16-20-24-32-40-49-57-65-82(87)99-78(69-93-80(85)63-55-47-41-33-35-43-51-59-73(5)6)71-97-101(90,91)95-67-76(83)66-94-100(88,89)96-70-77(68-92-79(84)62-54-46-38-30-26-25-29-37-45-53-61-75(8)10-2)98-81(86)64-56-48-39-31-23-19-14-12-11-13-17-21-27-34-42-50-58-72(3)4/h72-78,83H,9-71H2,1-8H3,(H,88,89)(H,90,91)/t74?,75?,76?,77-,78-/m1/s1. The zero-order chi connectivity index (χ0) is 74.6. The predicted molar refractivity (Wildman–Crippen MR) is 414 cm³/mol. The highest BCUT2D eigenvalue weighted by atomic mass is 31.2. The van der Waals surface area contributed by atoms with E-state index < -0.39 is 97.5 Å². The lowest BCUT2D eigenvalue weighted by Crippen LogP contribution is -2.30. The number of phosphoric ester groups is 2. The van der Waals surface area contributed by atoms with Crippen molar-refractivity contribution in [3.63, 3.8) is 0 Å². The lowest BCUT2D eigenvalue weighted by atomic mass is 9.99. The number of rotatable bonds is 79. The average Bonchev–Trinajstić information content (AvgIpc) is 0.928. The maximum absolute atomic E-state index is 13.1. The average molecular weight is 1480 g/mol. The number of aliphatic hydroxyl groups excluding tert-OH is 1. The van der Waals surface area contributed by atoms with E-state index in [1.165, 1.54) is 218 Å². The number of aliphatic hydroxyl groups is 1. The van der Waals surface area contributed by atoms with Gasteiger partial charge in [-0.05, 0) is 49.4 Å². The van der Waals surface area contributed by atoms with Crippen LogP contribution in [0.25, 0.3) is 0 Å². The molecule has 0 amide bonds. The van der Waals surface area contributed by atoms with Gasteiger partial charge in [0.2, 0.25) is 0 Å². The minimum atomic E-state index is -4.96. The first-order chi connectivity index (χ1) is 48.7. The van der Waals surface area contributed by atoms with Gasteiger partial charge in [0.25, 0.3) is 0 Å². The summed E-state index contributed by atoms with van der Waals surface area (Å²) in [6.45, 7) is 14.3. The molecule has 0 saturated carbocycles. The third-order valence-electron chi connectivity index (χ3n) is 19.8. The summed E-state index contributed by atoms with van der Waals surface area (Å²) in [5, 5.41) is 10.6. The first-order valence-electron chi connectivity index (χ1n) is 42.3. The monoisotopic (exact) mass is 1480 g/mol. The van der Waals surface area contributed by atoms with E-state index in [-0.39, 0.29) is 25.7 Å². The molecule has 7 atom stereocenters. The molecule has 0 fully saturated rings. The molecule has 0 aliphatic carbocycles. The Morgan fingerprint density at radius 3 is 0.703 bits per heavy atom. The van der Waals surface area contributed by atoms with Crippen LogP contribution in [0.4, 0.5) is 0 Å². The van der Waals surface area contributed by atoms with Crippen LogP contribution < -0.4 is 0 Å². The molecule has 0 spiro atoms. The van der Waals surface area contributed by atoms with Gasteiger partial charge in [-0.25, -0.2) is 9.13 Å². The SMILES string of the molecule is CCC(C)CCCCCCCCCCCCCCCCC(=O)O[C@H](COC(=O)CCCCCCCCCC(C)C)COP(=O)(O)OCC(O)COP(=O)(O)OC[C@@H](COC(=O)CCCCCCCCCCCCC(C)CC)OC(=O)CCCCCCCCCCCCCCCCCCC(C)C. The summed E-state index contributed by atoms with van der Waals surface area (Å²) >= 11 is 0. The van der Waals surface area contributed by atoms with E-state index in [0.29, 0.717) is 31.6 Å². The van der Waals surface area contributed by atoms with Crippen LogP contribution in [0.3, 0.4) is 0 Å². The Morgan fingerprint density at radius 1 is 0.277 bits per heavy atom. The largest absolute Gasteiger partial charge is 0.472 e. The highest BCUT2D eigenvalue weighted by Crippen LogP contribution is 2.45. The van der Waals surface area contributed by atoms with Gasteiger partial charge in [0, 0.05) is 25.7 Å². The minimum Gasteiger partial charge on any atom is -0.462 e. The van der Waals surface area contributed by atoms with Crippen molar-refractivity contribution in [2.45, 2.75) is 440 Å². The smallest absolute Gasteiger partial charge is 0.462 e. The summed E-state index contributed by atoms with van der Waals surface area (Å²) in [6, 6.07) is 0. The van der Waals surface area contributed by atoms with Crippen LogP contribution in [0.1, 0.15) is 421 Å². The number of esters is 4. The van der Waals surface area contributed by atoms with E-state index in [2.05, 4.69) is 55.4 Å². The molecular weight excluding hydrogens is 1320 g/mol. The maximum atomic E-state index is 13.1. The quantitative estimate of drug-likeness (QED) is 0.0222. The normalized spacial score (nSPS) is 14.5. The molecule has 5 unspecified atom stereocenters. The molecule has 0 bridgehead atoms. The summed E-state index contributed by atoms with van der Waals surface area (Å²) in [7, 11) is -9.92. The Bertz CT molecular complexity index is 1980. The molecule has 19 heteroatoms. The topological polar surface area (TPSA) is 237 Å². The van der Waals surface area contributed by atoms with E-state index in [0.717, 1.165) is 114 Å². The Hall–Kier alpha value is -1.94. The van der Waals surface area contributed by atoms with Crippen LogP contribution in [0, 0.1) is 23.7 Å². The van der Waals surface area contributed by atoms with Crippen LogP contribution in [0.2, 0.25) is 0 Å². The highest BCUT2D eigenvalue weighted by molar-refractivity contribution is 7.47. The van der Waals surface area contributed by atoms with Gasteiger partial charge in [-0.1, -0.05) is 370 Å². The number of hydrogen-bond acceptors (Lipinski definition) is 15. The zero-order valence-corrected chi connectivity index (χ0v) is 68.3. The fourth-order valence-corrected chi connectivity index (χ4v) is 14.1. The zero-order valence-electron chi connectivity index (χ0n) is 66.5. The first kappa shape index (κ1) is 99.1. The second-order valence-corrected chi connectivity index (χ2v) is 33.9. The molecule has 0 aliphatic heterocycles. The molecule has 3 N–H and O–H groups in total. The molecule has 0 radical (unpaired) electrons. The van der Waals surface area contributed by atoms with Gasteiger partial charge < -0.3 is 33.8 Å². The summed E-state index contributed by atoms with van der Waals surface area (Å²) in [4.78, 5) is 73.1. The molecule has 0 aromatic rings. The summed E-state index contributed by atoms with van der Waals surface area (Å²) in [5.74, 6) is 1.06. The van der Waals surface area contributed by atoms with Gasteiger partial charge in [-0.2, -0.15) is 0 Å². The molecule has 17 nitrogen and oxygen atoms in total. The Morgan fingerprint density at radius 2 is 0.475 bits per heavy atom. The highest BCUT2D eigenvalue weighted by Gasteiger charge is 2.30. The summed E-state index contributed by atoms with van der Waals surface area (Å²) in [5.41, 5.74) is 0. The van der Waals surface area contributed by atoms with E-state index in [9.17, 15) is 43.2 Å². The van der Waals surface area contributed by atoms with Crippen molar-refractivity contribution in [2.75, 3.05) is 39.6 Å². The van der Waals surface area contributed by atoms with Crippen LogP contribution >= 0.6 is 15.6 Å². The molecule has 0 aromatic carbocycles. The van der Waals surface area contributed by atoms with Crippen molar-refractivity contribution in [1.82, 2.24) is 0 Å². The molecule has 0 aliphatic rings. The number of unbranched alkanes of at least 4 members (excludes halogenated alkanes) is 43. The summed E-state index contributed by atoms with van der Waals surface area (Å²) < 4.78 is 68.8. The Kier molecular flexibility index (Phi) is 69.6. The van der Waals surface area contributed by atoms with Gasteiger partial charge in [0.1, 0.15) is 19.3 Å². The van der Waals surface area contributed by atoms with Crippen molar-refractivity contribution in [3.05, 3.63) is 0 Å². The van der Waals surface area contributed by atoms with Crippen molar-refractivity contribution < 1.29 is 80.2 Å². The lowest BCUT2D eigenvalue weighted by Gasteiger charge is -2.21. The maximum Gasteiger partial charge on any atom is 0.472 e. The number of phosphoric acid groups is 2. The lowest BCUT2D eigenvalue weighted by molar-refractivity contribution is -0.161. The van der Waals surface area contributed by atoms with Crippen molar-refractivity contribution >= 4 is 39.5 Å². The molecule has 0 aromatic heterocycles. The number of ether oxygens (including phenoxy) is 4. The third-order valence-corrected chi connectivity index (χ3v) is 21.7. The van der Waals surface area contributed by atoms with E-state index >= 15 is 0 Å². The molecular formula is C82H160O17P2. The van der Waals surface area contributed by atoms with Gasteiger partial charge in [-0.3, -0.25) is 37.3 Å². The fraction of sp³-hybridized carbons (Fsp3) is 0.951. The van der Waals surface area contributed by atoms with Crippen LogP contribution in [-0.4, -0.2) is 96.7 Å². The van der Waals surface area contributed by atoms with Gasteiger partial charge in [0.15, 0.2) is 12.2 Å². The van der Waals surface area contributed by atoms with Gasteiger partial charge in [0.05, 0.1) is 26.4 Å². The Labute approximate surface area is 619 Å². The summed E-state index contributed by atoms with van der Waals surface area (Å²) in [6.07, 6.45) is 58.2. The van der Waals surface area contributed by atoms with Crippen molar-refractivity contribution in [2.24, 2.45) is 23.7 Å². The van der Waals surface area contributed by atoms with E-state index in [4.69, 9.17) is 37.0 Å². The van der Waals surface area contributed by atoms with Crippen LogP contribution in [0.5, 0.6) is 0 Å². The molecule has 0 saturated heterocycles. The number of carbonyl (C=O) groups excluding carboxylic acids is 4. The number of carbonyl (C=O) groups is 4. The fourth-order valence-electron chi connectivity index (χ4n) is 12.5. The second kappa shape index (κ2) is 71.0. The van der Waals surface area contributed by atoms with Crippen molar-refractivity contribution in [3.8, 4) is 0 Å². The van der Waals surface area contributed by atoms with Crippen LogP contribution in [0.15, 0.2) is 0 Å². The van der Waals surface area contributed by atoms with Gasteiger partial charge >= 0.3 is 39.5 Å². The third kappa shape index (κ3) is 73.4. The van der Waals surface area contributed by atoms with Gasteiger partial charge in [-0.15, -0.1) is 0 Å². The number of hydrogen-bond donors (Lipinski definition) is 3. The molecule has 101 heavy (non-hydrogen) atoms. The predicted octanol–water partition coefficient (Wildman–Crippen LogP) is 24.4. The molecule has 0 rings (SSSR count). The molecule has 0 heterocycles. The van der Waals surface area contributed by atoms with Crippen LogP contribution in [-0.2, 0) is 65.4 Å². The molecule has 600 valence electrons. The van der Waals surface area contributed by atoms with E-state index in [1.54, 1.807) is 0 Å². The van der Waals surface area contributed by atoms with Crippen molar-refractivity contribution in [1.29, 1.82) is 0 Å².